The smallest absolute Gasteiger partial charge is 0.230 e. The van der Waals surface area contributed by atoms with E-state index in [4.69, 9.17) is 18.0 Å². The second-order valence-corrected chi connectivity index (χ2v) is 6.90. The summed E-state index contributed by atoms with van der Waals surface area (Å²) in [4.78, 5) is 26.3. The number of amides is 2. The average molecular weight is 282 g/mol. The summed E-state index contributed by atoms with van der Waals surface area (Å²) in [5.41, 5.74) is 4.73. The third-order valence-corrected chi connectivity index (χ3v) is 5.13. The molecule has 0 atom stereocenters. The lowest BCUT2D eigenvalue weighted by molar-refractivity contribution is -0.158. The molecule has 1 heterocycles. The van der Waals surface area contributed by atoms with Crippen LogP contribution in [0.1, 0.15) is 58.8 Å². The fourth-order valence-electron chi connectivity index (χ4n) is 3.39. The zero-order valence-corrected chi connectivity index (χ0v) is 12.5. The molecule has 106 valence electrons. The molecular weight excluding hydrogens is 260 g/mol. The van der Waals surface area contributed by atoms with Gasteiger partial charge in [-0.2, -0.15) is 0 Å². The van der Waals surface area contributed by atoms with Crippen molar-refractivity contribution in [3.63, 3.8) is 0 Å². The molecule has 4 nitrogen and oxygen atoms in total. The Morgan fingerprint density at radius 2 is 1.63 bits per heavy atom. The van der Waals surface area contributed by atoms with Crippen molar-refractivity contribution in [2.75, 3.05) is 0 Å². The van der Waals surface area contributed by atoms with Crippen LogP contribution in [0.2, 0.25) is 0 Å². The molecule has 2 N–H and O–H groups in total. The molecule has 1 spiro atoms. The van der Waals surface area contributed by atoms with E-state index in [2.05, 4.69) is 0 Å². The van der Waals surface area contributed by atoms with E-state index >= 15 is 0 Å². The van der Waals surface area contributed by atoms with Gasteiger partial charge in [-0.1, -0.05) is 31.5 Å². The zero-order chi connectivity index (χ0) is 14.3. The van der Waals surface area contributed by atoms with Crippen LogP contribution in [0.15, 0.2) is 0 Å². The van der Waals surface area contributed by atoms with Gasteiger partial charge in [0.25, 0.3) is 0 Å². The minimum atomic E-state index is -0.861. The number of carbonyl (C=O) groups is 2. The number of piperidine rings is 1. The van der Waals surface area contributed by atoms with Gasteiger partial charge < -0.3 is 5.73 Å². The normalized spacial score (nSPS) is 23.8. The molecular formula is C14H22N2O2S. The largest absolute Gasteiger partial charge is 0.391 e. The second kappa shape index (κ2) is 4.85. The van der Waals surface area contributed by atoms with Gasteiger partial charge in [0, 0.05) is 12.8 Å². The minimum absolute atomic E-state index is 0.0881. The maximum absolute atomic E-state index is 12.4. The molecule has 2 aliphatic rings. The summed E-state index contributed by atoms with van der Waals surface area (Å²) in [6, 6.07) is 0. The summed E-state index contributed by atoms with van der Waals surface area (Å²) in [5, 5.41) is 0. The maximum Gasteiger partial charge on any atom is 0.230 e. The summed E-state index contributed by atoms with van der Waals surface area (Å²) in [6.07, 6.45) is 6.37. The van der Waals surface area contributed by atoms with Crippen molar-refractivity contribution in [2.45, 2.75) is 64.3 Å². The molecule has 0 aromatic heterocycles. The predicted molar refractivity (Wildman–Crippen MR) is 77.5 cm³/mol. The van der Waals surface area contributed by atoms with Gasteiger partial charge in [-0.25, -0.2) is 0 Å². The van der Waals surface area contributed by atoms with Crippen molar-refractivity contribution in [2.24, 2.45) is 11.1 Å². The van der Waals surface area contributed by atoms with E-state index in [0.717, 1.165) is 25.7 Å². The quantitative estimate of drug-likeness (QED) is 0.622. The van der Waals surface area contributed by atoms with Crippen molar-refractivity contribution in [1.29, 1.82) is 0 Å². The maximum atomic E-state index is 12.4. The highest BCUT2D eigenvalue weighted by atomic mass is 32.1. The fraction of sp³-hybridized carbons (Fsp3) is 0.786. The molecule has 0 unspecified atom stereocenters. The molecule has 19 heavy (non-hydrogen) atoms. The molecule has 1 saturated carbocycles. The monoisotopic (exact) mass is 282 g/mol. The summed E-state index contributed by atoms with van der Waals surface area (Å²) in [5.74, 6) is -0.230. The van der Waals surface area contributed by atoms with E-state index < -0.39 is 5.54 Å². The zero-order valence-electron chi connectivity index (χ0n) is 11.7. The highest BCUT2D eigenvalue weighted by molar-refractivity contribution is 7.80. The van der Waals surface area contributed by atoms with Crippen LogP contribution in [0.4, 0.5) is 0 Å². The number of nitrogens with zero attached hydrogens (tertiary/aromatic N) is 1. The molecule has 0 aromatic rings. The Kier molecular flexibility index (Phi) is 3.69. The standard InChI is InChI=1S/C14H22N2O2S/c1-13(2,12(15)19)16-10(17)8-14(9-11(16)18)6-4-3-5-7-14/h3-9H2,1-2H3,(H2,15,19). The third kappa shape index (κ3) is 2.53. The van der Waals surface area contributed by atoms with Crippen LogP contribution >= 0.6 is 12.2 Å². The number of hydrogen-bond acceptors (Lipinski definition) is 3. The number of thiocarbonyl (C=S) groups is 1. The first kappa shape index (κ1) is 14.4. The van der Waals surface area contributed by atoms with Gasteiger partial charge in [-0.05, 0) is 32.1 Å². The van der Waals surface area contributed by atoms with Crippen molar-refractivity contribution in [1.82, 2.24) is 4.90 Å². The number of likely N-dealkylation sites (tertiary alicyclic amines) is 1. The van der Waals surface area contributed by atoms with Gasteiger partial charge >= 0.3 is 0 Å². The molecule has 0 bridgehead atoms. The van der Waals surface area contributed by atoms with Crippen LogP contribution in [0.5, 0.6) is 0 Å². The van der Waals surface area contributed by atoms with Gasteiger partial charge in [0.2, 0.25) is 11.8 Å². The van der Waals surface area contributed by atoms with Crippen LogP contribution in [0, 0.1) is 5.41 Å². The third-order valence-electron chi connectivity index (χ3n) is 4.63. The Balaban J connectivity index is 2.22. The van der Waals surface area contributed by atoms with Crippen molar-refractivity contribution < 1.29 is 9.59 Å². The molecule has 1 aliphatic heterocycles. The van der Waals surface area contributed by atoms with Gasteiger partial charge in [0.15, 0.2) is 0 Å². The van der Waals surface area contributed by atoms with Gasteiger partial charge in [0.05, 0.1) is 10.5 Å². The predicted octanol–water partition coefficient (Wildman–Crippen LogP) is 2.15. The number of hydrogen-bond donors (Lipinski definition) is 1. The molecule has 0 radical (unpaired) electrons. The lowest BCUT2D eigenvalue weighted by Gasteiger charge is -2.46. The SMILES string of the molecule is CC(C)(C(N)=S)N1C(=O)CC2(CCCCC2)CC1=O. The number of nitrogens with two attached hydrogens (primary N) is 1. The lowest BCUT2D eigenvalue weighted by atomic mass is 9.67. The Bertz CT molecular complexity index is 405. The Morgan fingerprint density at radius 1 is 1.16 bits per heavy atom. The molecule has 2 amide bonds. The number of imide groups is 1. The molecule has 2 rings (SSSR count). The second-order valence-electron chi connectivity index (χ2n) is 6.46. The van der Waals surface area contributed by atoms with E-state index in [1.54, 1.807) is 13.8 Å². The van der Waals surface area contributed by atoms with E-state index in [1.807, 2.05) is 0 Å². The highest BCUT2D eigenvalue weighted by Crippen LogP contribution is 2.46. The lowest BCUT2D eigenvalue weighted by Crippen LogP contribution is -2.61. The van der Waals surface area contributed by atoms with E-state index in [9.17, 15) is 9.59 Å². The Hall–Kier alpha value is -0.970. The van der Waals surface area contributed by atoms with Crippen molar-refractivity contribution >= 4 is 29.0 Å². The van der Waals surface area contributed by atoms with Crippen LogP contribution < -0.4 is 5.73 Å². The first-order chi connectivity index (χ1) is 8.78. The van der Waals surface area contributed by atoms with Crippen LogP contribution in [-0.4, -0.2) is 27.2 Å². The van der Waals surface area contributed by atoms with E-state index in [0.29, 0.717) is 12.8 Å². The summed E-state index contributed by atoms with van der Waals surface area (Å²) in [7, 11) is 0. The van der Waals surface area contributed by atoms with Gasteiger partial charge in [-0.15, -0.1) is 0 Å². The molecule has 5 heteroatoms. The van der Waals surface area contributed by atoms with Gasteiger partial charge in [0.1, 0.15) is 0 Å². The number of rotatable bonds is 2. The molecule has 0 aromatic carbocycles. The molecule has 1 aliphatic carbocycles. The summed E-state index contributed by atoms with van der Waals surface area (Å²) < 4.78 is 0. The van der Waals surface area contributed by atoms with E-state index in [1.165, 1.54) is 11.3 Å². The van der Waals surface area contributed by atoms with Crippen molar-refractivity contribution in [3.05, 3.63) is 0 Å². The Morgan fingerprint density at radius 3 is 2.05 bits per heavy atom. The van der Waals surface area contributed by atoms with Crippen molar-refractivity contribution in [3.8, 4) is 0 Å². The minimum Gasteiger partial charge on any atom is -0.391 e. The van der Waals surface area contributed by atoms with E-state index in [-0.39, 0.29) is 22.2 Å². The van der Waals surface area contributed by atoms with Crippen LogP contribution in [0.25, 0.3) is 0 Å². The fourth-order valence-corrected chi connectivity index (χ4v) is 3.48. The Labute approximate surface area is 119 Å². The highest BCUT2D eigenvalue weighted by Gasteiger charge is 2.48. The topological polar surface area (TPSA) is 63.4 Å². The summed E-state index contributed by atoms with van der Waals surface area (Å²) >= 11 is 5.00. The average Bonchev–Trinajstić information content (AvgIpc) is 2.27. The van der Waals surface area contributed by atoms with Crippen LogP contribution in [0.3, 0.4) is 0 Å². The van der Waals surface area contributed by atoms with Crippen LogP contribution in [-0.2, 0) is 9.59 Å². The first-order valence-corrected chi connectivity index (χ1v) is 7.35. The first-order valence-electron chi connectivity index (χ1n) is 6.94. The summed E-state index contributed by atoms with van der Waals surface area (Å²) in [6.45, 7) is 3.48. The molecule has 2 fully saturated rings. The van der Waals surface area contributed by atoms with Gasteiger partial charge in [-0.3, -0.25) is 14.5 Å². The molecule has 1 saturated heterocycles. The number of carbonyl (C=O) groups excluding carboxylic acids is 2.